The second-order valence-corrected chi connectivity index (χ2v) is 10.8. The SMILES string of the molecule is CS(=O)(=O)CCC(NC(=O)OCC1c2ccccc2-c2ccccc21)C(=O)NCCCCC(=O)O. The number of ether oxygens (including phenoxy) is 1. The predicted octanol–water partition coefficient (Wildman–Crippen LogP) is 2.70. The minimum atomic E-state index is -3.36. The van der Waals surface area contributed by atoms with Crippen molar-refractivity contribution < 1.29 is 32.6 Å². The van der Waals surface area contributed by atoms with E-state index in [1.807, 2.05) is 48.5 Å². The fourth-order valence-electron chi connectivity index (χ4n) is 4.12. The molecule has 2 amide bonds. The first kappa shape index (κ1) is 26.2. The van der Waals surface area contributed by atoms with E-state index in [0.717, 1.165) is 28.5 Å². The van der Waals surface area contributed by atoms with Crippen LogP contribution in [0.25, 0.3) is 11.1 Å². The van der Waals surface area contributed by atoms with Crippen molar-refractivity contribution in [2.45, 2.75) is 37.6 Å². The molecule has 0 saturated heterocycles. The number of nitrogens with one attached hydrogen (secondary N) is 2. The first-order valence-electron chi connectivity index (χ1n) is 11.4. The minimum absolute atomic E-state index is 0.00855. The molecule has 3 rings (SSSR count). The largest absolute Gasteiger partial charge is 0.481 e. The third kappa shape index (κ3) is 7.54. The molecule has 1 unspecified atom stereocenters. The van der Waals surface area contributed by atoms with E-state index in [0.29, 0.717) is 12.8 Å². The van der Waals surface area contributed by atoms with Gasteiger partial charge in [0.25, 0.3) is 0 Å². The van der Waals surface area contributed by atoms with E-state index in [4.69, 9.17) is 9.84 Å². The van der Waals surface area contributed by atoms with Crippen LogP contribution in [-0.4, -0.2) is 62.7 Å². The Morgan fingerprint density at radius 1 is 1.00 bits per heavy atom. The lowest BCUT2D eigenvalue weighted by molar-refractivity contribution is -0.137. The van der Waals surface area contributed by atoms with Crippen LogP contribution in [0, 0.1) is 0 Å². The van der Waals surface area contributed by atoms with Gasteiger partial charge in [-0.05, 0) is 41.5 Å². The summed E-state index contributed by atoms with van der Waals surface area (Å²) in [5.74, 6) is -1.89. The molecule has 9 nitrogen and oxygen atoms in total. The van der Waals surface area contributed by atoms with Crippen molar-refractivity contribution >= 4 is 27.8 Å². The number of carbonyl (C=O) groups excluding carboxylic acids is 2. The molecule has 2 aromatic carbocycles. The molecule has 188 valence electrons. The van der Waals surface area contributed by atoms with Gasteiger partial charge in [0.15, 0.2) is 0 Å². The number of amides is 2. The van der Waals surface area contributed by atoms with E-state index in [2.05, 4.69) is 10.6 Å². The number of benzene rings is 2. The molecule has 2 aromatic rings. The van der Waals surface area contributed by atoms with Gasteiger partial charge in [0.2, 0.25) is 5.91 Å². The van der Waals surface area contributed by atoms with Gasteiger partial charge in [-0.3, -0.25) is 9.59 Å². The maximum atomic E-state index is 12.6. The fraction of sp³-hybridized carbons (Fsp3) is 0.400. The quantitative estimate of drug-likeness (QED) is 0.379. The Morgan fingerprint density at radius 2 is 1.60 bits per heavy atom. The average Bonchev–Trinajstić information content (AvgIpc) is 3.13. The number of unbranched alkanes of at least 4 members (excludes halogenated alkanes) is 1. The number of sulfone groups is 1. The van der Waals surface area contributed by atoms with Crippen molar-refractivity contribution in [3.8, 4) is 11.1 Å². The van der Waals surface area contributed by atoms with Crippen LogP contribution in [0.15, 0.2) is 48.5 Å². The number of carbonyl (C=O) groups is 3. The molecule has 35 heavy (non-hydrogen) atoms. The van der Waals surface area contributed by atoms with Crippen LogP contribution in [0.2, 0.25) is 0 Å². The van der Waals surface area contributed by atoms with Gasteiger partial charge in [-0.25, -0.2) is 13.2 Å². The Balaban J connectivity index is 1.60. The zero-order chi connectivity index (χ0) is 25.4. The maximum Gasteiger partial charge on any atom is 0.407 e. The number of hydrogen-bond donors (Lipinski definition) is 3. The molecule has 0 spiro atoms. The topological polar surface area (TPSA) is 139 Å². The Hall–Kier alpha value is -3.40. The highest BCUT2D eigenvalue weighted by atomic mass is 32.2. The number of fused-ring (bicyclic) bond motifs is 3. The first-order chi connectivity index (χ1) is 16.7. The third-order valence-electron chi connectivity index (χ3n) is 5.85. The van der Waals surface area contributed by atoms with E-state index in [1.54, 1.807) is 0 Å². The number of aliphatic carboxylic acids is 1. The summed E-state index contributed by atoms with van der Waals surface area (Å²) in [7, 11) is -3.36. The van der Waals surface area contributed by atoms with Gasteiger partial charge in [0, 0.05) is 25.1 Å². The molecule has 1 atom stereocenters. The molecule has 0 radical (unpaired) electrons. The van der Waals surface area contributed by atoms with Crippen molar-refractivity contribution in [1.29, 1.82) is 0 Å². The van der Waals surface area contributed by atoms with Crippen LogP contribution >= 0.6 is 0 Å². The van der Waals surface area contributed by atoms with Crippen molar-refractivity contribution in [1.82, 2.24) is 10.6 Å². The summed E-state index contributed by atoms with van der Waals surface area (Å²) < 4.78 is 28.7. The lowest BCUT2D eigenvalue weighted by atomic mass is 9.98. The normalized spacial score (nSPS) is 13.4. The molecule has 0 fully saturated rings. The highest BCUT2D eigenvalue weighted by molar-refractivity contribution is 7.90. The second-order valence-electron chi connectivity index (χ2n) is 8.58. The number of rotatable bonds is 12. The minimum Gasteiger partial charge on any atom is -0.481 e. The van der Waals surface area contributed by atoms with E-state index >= 15 is 0 Å². The lowest BCUT2D eigenvalue weighted by Gasteiger charge is -2.19. The summed E-state index contributed by atoms with van der Waals surface area (Å²) in [6.07, 6.45) is 0.966. The standard InChI is InChI=1S/C25H30N2O7S/c1-35(32,33)15-13-22(24(30)26-14-7-6-12-23(28)29)27-25(31)34-16-21-19-10-4-2-8-17(19)18-9-3-5-11-20(18)21/h2-5,8-11,21-22H,6-7,12-16H2,1H3,(H,26,30)(H,27,31)(H,28,29). The zero-order valence-electron chi connectivity index (χ0n) is 19.5. The number of carboxylic acids is 1. The van der Waals surface area contributed by atoms with Gasteiger partial charge in [-0.2, -0.15) is 0 Å². The van der Waals surface area contributed by atoms with E-state index < -0.39 is 33.8 Å². The van der Waals surface area contributed by atoms with Crippen molar-refractivity contribution in [3.63, 3.8) is 0 Å². The molecule has 1 aliphatic carbocycles. The Kier molecular flexibility index (Phi) is 8.86. The molecule has 1 aliphatic rings. The van der Waals surface area contributed by atoms with Crippen LogP contribution < -0.4 is 10.6 Å². The molecule has 0 aromatic heterocycles. The van der Waals surface area contributed by atoms with Gasteiger partial charge in [-0.15, -0.1) is 0 Å². The van der Waals surface area contributed by atoms with Gasteiger partial charge in [0.1, 0.15) is 22.5 Å². The maximum absolute atomic E-state index is 12.6. The van der Waals surface area contributed by atoms with Gasteiger partial charge in [-0.1, -0.05) is 48.5 Å². The summed E-state index contributed by atoms with van der Waals surface area (Å²) >= 11 is 0. The number of hydrogen-bond acceptors (Lipinski definition) is 6. The number of carboxylic acid groups (broad SMARTS) is 1. The molecule has 0 aliphatic heterocycles. The van der Waals surface area contributed by atoms with Crippen LogP contribution in [0.4, 0.5) is 4.79 Å². The Morgan fingerprint density at radius 3 is 2.17 bits per heavy atom. The van der Waals surface area contributed by atoms with Crippen LogP contribution in [-0.2, 0) is 24.2 Å². The molecule has 0 bridgehead atoms. The lowest BCUT2D eigenvalue weighted by Crippen LogP contribution is -2.48. The van der Waals surface area contributed by atoms with Crippen LogP contribution in [0.5, 0.6) is 0 Å². The molecular weight excluding hydrogens is 472 g/mol. The van der Waals surface area contributed by atoms with Crippen LogP contribution in [0.1, 0.15) is 42.7 Å². The van der Waals surface area contributed by atoms with Crippen LogP contribution in [0.3, 0.4) is 0 Å². The molecule has 0 saturated carbocycles. The summed E-state index contributed by atoms with van der Waals surface area (Å²) in [5, 5.41) is 13.8. The monoisotopic (exact) mass is 502 g/mol. The third-order valence-corrected chi connectivity index (χ3v) is 6.82. The summed E-state index contributed by atoms with van der Waals surface area (Å²) in [6, 6.07) is 14.7. The predicted molar refractivity (Wildman–Crippen MR) is 131 cm³/mol. The van der Waals surface area contributed by atoms with Crippen molar-refractivity contribution in [2.24, 2.45) is 0 Å². The number of alkyl carbamates (subject to hydrolysis) is 1. The fourth-order valence-corrected chi connectivity index (χ4v) is 4.78. The Bertz CT molecular complexity index is 1130. The van der Waals surface area contributed by atoms with Crippen molar-refractivity contribution in [2.75, 3.05) is 25.2 Å². The van der Waals surface area contributed by atoms with Crippen molar-refractivity contribution in [3.05, 3.63) is 59.7 Å². The van der Waals surface area contributed by atoms with Gasteiger partial charge < -0.3 is 20.5 Å². The highest BCUT2D eigenvalue weighted by Crippen LogP contribution is 2.44. The molecular formula is C25H30N2O7S. The molecule has 3 N–H and O–H groups in total. The average molecular weight is 503 g/mol. The molecule has 0 heterocycles. The first-order valence-corrected chi connectivity index (χ1v) is 13.5. The summed E-state index contributed by atoms with van der Waals surface area (Å²) in [6.45, 7) is 0.281. The molecule has 10 heteroatoms. The summed E-state index contributed by atoms with van der Waals surface area (Å²) in [5.41, 5.74) is 4.28. The zero-order valence-corrected chi connectivity index (χ0v) is 20.3. The van der Waals surface area contributed by atoms with E-state index in [9.17, 15) is 22.8 Å². The summed E-state index contributed by atoms with van der Waals surface area (Å²) in [4.78, 5) is 35.8. The highest BCUT2D eigenvalue weighted by Gasteiger charge is 2.30. The smallest absolute Gasteiger partial charge is 0.407 e. The van der Waals surface area contributed by atoms with Gasteiger partial charge in [0.05, 0.1) is 5.75 Å². The Labute approximate surface area is 204 Å². The van der Waals surface area contributed by atoms with E-state index in [-0.39, 0.29) is 37.7 Å². The second kappa shape index (κ2) is 11.8. The van der Waals surface area contributed by atoms with E-state index in [1.165, 1.54) is 0 Å². The van der Waals surface area contributed by atoms with Gasteiger partial charge >= 0.3 is 12.1 Å².